The standard InChI is InChI=1S/C13H22N2OS/c1-10(2)14-7-13-15-11(9-17-13)8-16-12-5-3-4-6-12/h9-10,12,14H,3-8H2,1-2H3. The van der Waals surface area contributed by atoms with Crippen LogP contribution < -0.4 is 5.32 Å². The Morgan fingerprint density at radius 2 is 2.24 bits per heavy atom. The Bertz CT molecular complexity index is 332. The Balaban J connectivity index is 1.73. The second kappa shape index (κ2) is 6.47. The van der Waals surface area contributed by atoms with Crippen molar-refractivity contribution in [3.63, 3.8) is 0 Å². The Morgan fingerprint density at radius 3 is 2.94 bits per heavy atom. The lowest BCUT2D eigenvalue weighted by molar-refractivity contribution is 0.0440. The minimum absolute atomic E-state index is 0.480. The maximum Gasteiger partial charge on any atom is 0.107 e. The molecule has 1 aliphatic carbocycles. The van der Waals surface area contributed by atoms with Gasteiger partial charge in [0.25, 0.3) is 0 Å². The monoisotopic (exact) mass is 254 g/mol. The van der Waals surface area contributed by atoms with E-state index >= 15 is 0 Å². The fourth-order valence-corrected chi connectivity index (χ4v) is 2.78. The molecule has 2 rings (SSSR count). The fourth-order valence-electron chi connectivity index (χ4n) is 2.05. The van der Waals surface area contributed by atoms with Gasteiger partial charge in [-0.25, -0.2) is 4.98 Å². The zero-order valence-electron chi connectivity index (χ0n) is 10.7. The zero-order valence-corrected chi connectivity index (χ0v) is 11.6. The second-order valence-electron chi connectivity index (χ2n) is 4.99. The lowest BCUT2D eigenvalue weighted by Gasteiger charge is -2.09. The van der Waals surface area contributed by atoms with E-state index in [0.29, 0.717) is 18.8 Å². The Kier molecular flexibility index (Phi) is 4.95. The highest BCUT2D eigenvalue weighted by atomic mass is 32.1. The van der Waals surface area contributed by atoms with E-state index in [9.17, 15) is 0 Å². The van der Waals surface area contributed by atoms with Gasteiger partial charge in [-0.1, -0.05) is 26.7 Å². The molecule has 1 heterocycles. The Morgan fingerprint density at radius 1 is 1.47 bits per heavy atom. The number of aromatic nitrogens is 1. The number of ether oxygens (including phenoxy) is 1. The first kappa shape index (κ1) is 13.0. The van der Waals surface area contributed by atoms with Gasteiger partial charge in [-0.3, -0.25) is 0 Å². The summed E-state index contributed by atoms with van der Waals surface area (Å²) in [5, 5.41) is 6.65. The summed E-state index contributed by atoms with van der Waals surface area (Å²) >= 11 is 1.72. The maximum absolute atomic E-state index is 5.85. The average molecular weight is 254 g/mol. The first-order valence-electron chi connectivity index (χ1n) is 6.52. The van der Waals surface area contributed by atoms with E-state index in [1.54, 1.807) is 11.3 Å². The van der Waals surface area contributed by atoms with Gasteiger partial charge >= 0.3 is 0 Å². The van der Waals surface area contributed by atoms with E-state index in [0.717, 1.165) is 17.2 Å². The number of rotatable bonds is 6. The number of nitrogens with zero attached hydrogens (tertiary/aromatic N) is 1. The molecule has 1 aliphatic rings. The molecule has 1 fully saturated rings. The number of nitrogens with one attached hydrogen (secondary N) is 1. The molecule has 0 radical (unpaired) electrons. The first-order valence-corrected chi connectivity index (χ1v) is 7.40. The van der Waals surface area contributed by atoms with Crippen molar-refractivity contribution in [2.24, 2.45) is 0 Å². The third-order valence-corrected chi connectivity index (χ3v) is 3.93. The summed E-state index contributed by atoms with van der Waals surface area (Å²) in [5.41, 5.74) is 1.09. The molecule has 17 heavy (non-hydrogen) atoms. The molecule has 96 valence electrons. The molecular weight excluding hydrogens is 232 g/mol. The first-order chi connectivity index (χ1) is 8.24. The van der Waals surface area contributed by atoms with Crippen LogP contribution in [-0.4, -0.2) is 17.1 Å². The van der Waals surface area contributed by atoms with Gasteiger partial charge in [0.2, 0.25) is 0 Å². The van der Waals surface area contributed by atoms with Crippen molar-refractivity contribution in [2.45, 2.75) is 64.8 Å². The van der Waals surface area contributed by atoms with Gasteiger partial charge in [-0.05, 0) is 12.8 Å². The van der Waals surface area contributed by atoms with Crippen LogP contribution in [0, 0.1) is 0 Å². The van der Waals surface area contributed by atoms with Crippen molar-refractivity contribution in [3.05, 3.63) is 16.1 Å². The molecule has 1 aromatic rings. The lowest BCUT2D eigenvalue weighted by Crippen LogP contribution is -2.21. The predicted molar refractivity (Wildman–Crippen MR) is 71.1 cm³/mol. The van der Waals surface area contributed by atoms with E-state index in [1.165, 1.54) is 25.7 Å². The van der Waals surface area contributed by atoms with E-state index in [4.69, 9.17) is 4.74 Å². The molecule has 0 unspecified atom stereocenters. The van der Waals surface area contributed by atoms with Crippen molar-refractivity contribution in [1.82, 2.24) is 10.3 Å². The summed E-state index contributed by atoms with van der Waals surface area (Å²) in [7, 11) is 0. The van der Waals surface area contributed by atoms with Crippen LogP contribution in [0.15, 0.2) is 5.38 Å². The van der Waals surface area contributed by atoms with Gasteiger partial charge in [0.1, 0.15) is 5.01 Å². The minimum Gasteiger partial charge on any atom is -0.372 e. The van der Waals surface area contributed by atoms with Crippen LogP contribution in [0.5, 0.6) is 0 Å². The number of hydrogen-bond acceptors (Lipinski definition) is 4. The summed E-state index contributed by atoms with van der Waals surface area (Å²) < 4.78 is 5.85. The van der Waals surface area contributed by atoms with Gasteiger partial charge in [0.05, 0.1) is 18.4 Å². The van der Waals surface area contributed by atoms with Gasteiger partial charge in [-0.15, -0.1) is 11.3 Å². The van der Waals surface area contributed by atoms with Crippen molar-refractivity contribution >= 4 is 11.3 Å². The van der Waals surface area contributed by atoms with Crippen molar-refractivity contribution < 1.29 is 4.74 Å². The normalized spacial score (nSPS) is 17.1. The molecule has 1 saturated carbocycles. The van der Waals surface area contributed by atoms with Crippen molar-refractivity contribution in [3.8, 4) is 0 Å². The molecule has 1 N–H and O–H groups in total. The third kappa shape index (κ3) is 4.37. The highest BCUT2D eigenvalue weighted by Gasteiger charge is 2.15. The molecule has 0 spiro atoms. The van der Waals surface area contributed by atoms with Crippen molar-refractivity contribution in [1.29, 1.82) is 0 Å². The molecule has 4 heteroatoms. The highest BCUT2D eigenvalue weighted by Crippen LogP contribution is 2.22. The molecule has 0 aromatic carbocycles. The van der Waals surface area contributed by atoms with E-state index in [1.807, 2.05) is 0 Å². The zero-order chi connectivity index (χ0) is 12.1. The summed E-state index contributed by atoms with van der Waals surface area (Å²) in [6, 6.07) is 0.511. The lowest BCUT2D eigenvalue weighted by atomic mass is 10.3. The van der Waals surface area contributed by atoms with E-state index < -0.39 is 0 Å². The van der Waals surface area contributed by atoms with Crippen LogP contribution in [0.4, 0.5) is 0 Å². The molecule has 0 aliphatic heterocycles. The van der Waals surface area contributed by atoms with Crippen LogP contribution in [0.25, 0.3) is 0 Å². The summed E-state index contributed by atoms with van der Waals surface area (Å²) in [5.74, 6) is 0. The van der Waals surface area contributed by atoms with Crippen LogP contribution in [0.2, 0.25) is 0 Å². The topological polar surface area (TPSA) is 34.2 Å². The van der Waals surface area contributed by atoms with Gasteiger partial charge < -0.3 is 10.1 Å². The predicted octanol–water partition coefficient (Wildman–Crippen LogP) is 3.10. The van der Waals surface area contributed by atoms with Gasteiger partial charge in [0.15, 0.2) is 0 Å². The average Bonchev–Trinajstić information content (AvgIpc) is 2.95. The number of hydrogen-bond donors (Lipinski definition) is 1. The molecule has 0 saturated heterocycles. The summed E-state index contributed by atoms with van der Waals surface area (Å²) in [6.45, 7) is 5.85. The molecule has 3 nitrogen and oxygen atoms in total. The fraction of sp³-hybridized carbons (Fsp3) is 0.769. The third-order valence-electron chi connectivity index (χ3n) is 3.03. The SMILES string of the molecule is CC(C)NCc1nc(COC2CCCC2)cs1. The summed E-state index contributed by atoms with van der Waals surface area (Å²) in [4.78, 5) is 4.57. The second-order valence-corrected chi connectivity index (χ2v) is 5.93. The molecule has 0 bridgehead atoms. The van der Waals surface area contributed by atoms with Crippen molar-refractivity contribution in [2.75, 3.05) is 0 Å². The van der Waals surface area contributed by atoms with Crippen LogP contribution in [-0.2, 0) is 17.9 Å². The minimum atomic E-state index is 0.480. The molecule has 0 amide bonds. The van der Waals surface area contributed by atoms with Crippen LogP contribution in [0.1, 0.15) is 50.2 Å². The Labute approximate surface area is 108 Å². The molecule has 0 atom stereocenters. The summed E-state index contributed by atoms with van der Waals surface area (Å²) in [6.07, 6.45) is 5.59. The Hall–Kier alpha value is -0.450. The van der Waals surface area contributed by atoms with Crippen LogP contribution in [0.3, 0.4) is 0 Å². The highest BCUT2D eigenvalue weighted by molar-refractivity contribution is 7.09. The van der Waals surface area contributed by atoms with E-state index in [-0.39, 0.29) is 0 Å². The maximum atomic E-state index is 5.85. The smallest absolute Gasteiger partial charge is 0.107 e. The quantitative estimate of drug-likeness (QED) is 0.847. The molecular formula is C13H22N2OS. The van der Waals surface area contributed by atoms with Crippen LogP contribution >= 0.6 is 11.3 Å². The van der Waals surface area contributed by atoms with Gasteiger partial charge in [0, 0.05) is 18.0 Å². The van der Waals surface area contributed by atoms with E-state index in [2.05, 4.69) is 29.5 Å². The van der Waals surface area contributed by atoms with Gasteiger partial charge in [-0.2, -0.15) is 0 Å². The molecule has 1 aromatic heterocycles. The number of thiazole rings is 1. The largest absolute Gasteiger partial charge is 0.372 e.